The fourth-order valence-electron chi connectivity index (χ4n) is 6.21. The average molecular weight is 905 g/mol. The lowest BCUT2D eigenvalue weighted by atomic mass is 9.85. The van der Waals surface area contributed by atoms with E-state index in [1.807, 2.05) is 0 Å². The normalized spacial score (nSPS) is 23.2. The molecule has 8 atom stereocenters. The van der Waals surface area contributed by atoms with E-state index >= 15 is 0 Å². The standard InChI is InChI=1S/C34H67O19P3S/c1-2-3-4-5-6-7-8-9-10-11-12-16-19-22-28(36)50-26(24-48-27(35)21-18-15-13-14-17-20-23-57)25-49-56(46,47)53-32-29(37)30(38)33(51-54(40,41)42)34(31(32)39)52-55(43,44)45/h26,29-34,37-39,57H,2-25H2,1H3,(H,46,47)(H2,40,41,42)(H2,43,44,45)/t26-,29+,30-,31?,32?,33?,34+/m1/s1. The average Bonchev–Trinajstić information content (AvgIpc) is 3.12. The van der Waals surface area contributed by atoms with Gasteiger partial charge in [-0.15, -0.1) is 0 Å². The lowest BCUT2D eigenvalue weighted by molar-refractivity contribution is -0.213. The maximum atomic E-state index is 13.0. The Morgan fingerprint density at radius 1 is 0.544 bits per heavy atom. The van der Waals surface area contributed by atoms with Gasteiger partial charge in [-0.05, 0) is 25.0 Å². The number of thiol groups is 1. The number of aliphatic hydroxyl groups excluding tert-OH is 3. The Balaban J connectivity index is 2.81. The van der Waals surface area contributed by atoms with Crippen LogP contribution >= 0.6 is 36.1 Å². The quantitative estimate of drug-likeness (QED) is 0.0175. The first-order chi connectivity index (χ1) is 26.8. The molecular formula is C34H67O19P3S. The highest BCUT2D eigenvalue weighted by Crippen LogP contribution is 2.51. The van der Waals surface area contributed by atoms with E-state index in [9.17, 15) is 63.1 Å². The molecule has 0 aliphatic heterocycles. The molecule has 0 bridgehead atoms. The monoisotopic (exact) mass is 904 g/mol. The van der Waals surface area contributed by atoms with Crippen LogP contribution in [0.2, 0.25) is 0 Å². The Labute approximate surface area is 341 Å². The van der Waals surface area contributed by atoms with E-state index in [4.69, 9.17) is 18.5 Å². The highest BCUT2D eigenvalue weighted by Gasteiger charge is 2.56. The number of hydrogen-bond acceptors (Lipinski definition) is 15. The number of unbranched alkanes of at least 4 members (excludes halogenated alkanes) is 17. The van der Waals surface area contributed by atoms with Crippen molar-refractivity contribution in [2.24, 2.45) is 0 Å². The summed E-state index contributed by atoms with van der Waals surface area (Å²) in [5, 5.41) is 31.7. The van der Waals surface area contributed by atoms with Crippen LogP contribution in [-0.4, -0.2) is 113 Å². The zero-order chi connectivity index (χ0) is 42.9. The van der Waals surface area contributed by atoms with Crippen molar-refractivity contribution in [3.05, 3.63) is 0 Å². The molecule has 57 heavy (non-hydrogen) atoms. The molecule has 19 nitrogen and oxygen atoms in total. The molecule has 1 rings (SSSR count). The molecule has 338 valence electrons. The van der Waals surface area contributed by atoms with Crippen LogP contribution in [0.25, 0.3) is 0 Å². The van der Waals surface area contributed by atoms with E-state index in [2.05, 4.69) is 28.6 Å². The third-order valence-corrected chi connectivity index (χ3v) is 11.6. The van der Waals surface area contributed by atoms with Gasteiger partial charge in [0.1, 0.15) is 43.2 Å². The van der Waals surface area contributed by atoms with Crippen molar-refractivity contribution in [1.82, 2.24) is 0 Å². The molecule has 0 radical (unpaired) electrons. The van der Waals surface area contributed by atoms with Gasteiger partial charge in [-0.2, -0.15) is 12.6 Å². The molecule has 4 unspecified atom stereocenters. The molecule has 1 fully saturated rings. The number of carbonyl (C=O) groups excluding carboxylic acids is 2. The van der Waals surface area contributed by atoms with E-state index in [0.29, 0.717) is 12.8 Å². The number of rotatable bonds is 34. The largest absolute Gasteiger partial charge is 0.472 e. The first-order valence-electron chi connectivity index (χ1n) is 19.9. The Morgan fingerprint density at radius 2 is 0.947 bits per heavy atom. The van der Waals surface area contributed by atoms with E-state index in [1.165, 1.54) is 44.9 Å². The number of aliphatic hydroxyl groups is 3. The second kappa shape index (κ2) is 29.7. The van der Waals surface area contributed by atoms with Crippen molar-refractivity contribution in [3.8, 4) is 0 Å². The second-order valence-corrected chi connectivity index (χ2v) is 18.5. The van der Waals surface area contributed by atoms with Crippen molar-refractivity contribution in [1.29, 1.82) is 0 Å². The molecule has 23 heteroatoms. The van der Waals surface area contributed by atoms with Crippen LogP contribution in [0.1, 0.15) is 142 Å². The Kier molecular flexibility index (Phi) is 28.4. The highest BCUT2D eigenvalue weighted by molar-refractivity contribution is 7.80. The van der Waals surface area contributed by atoms with Crippen molar-refractivity contribution < 1.29 is 90.6 Å². The van der Waals surface area contributed by atoms with E-state index in [-0.39, 0.29) is 12.8 Å². The topological polar surface area (TPSA) is 303 Å². The van der Waals surface area contributed by atoms with E-state index < -0.39 is 91.3 Å². The third kappa shape index (κ3) is 26.4. The highest BCUT2D eigenvalue weighted by atomic mass is 32.1. The molecule has 1 aliphatic carbocycles. The van der Waals surface area contributed by atoms with Gasteiger partial charge in [-0.1, -0.05) is 110 Å². The Bertz CT molecular complexity index is 1250. The van der Waals surface area contributed by atoms with Crippen LogP contribution in [0.3, 0.4) is 0 Å². The summed E-state index contributed by atoms with van der Waals surface area (Å²) in [5.41, 5.74) is 0. The molecule has 1 saturated carbocycles. The van der Waals surface area contributed by atoms with Gasteiger partial charge >= 0.3 is 35.4 Å². The zero-order valence-corrected chi connectivity index (χ0v) is 36.4. The zero-order valence-electron chi connectivity index (χ0n) is 32.9. The van der Waals surface area contributed by atoms with Crippen LogP contribution in [0.5, 0.6) is 0 Å². The minimum absolute atomic E-state index is 0.000133. The minimum atomic E-state index is -5.59. The summed E-state index contributed by atoms with van der Waals surface area (Å²) in [4.78, 5) is 72.6. The summed E-state index contributed by atoms with van der Waals surface area (Å²) in [5.74, 6) is -0.511. The van der Waals surface area contributed by atoms with Crippen molar-refractivity contribution >= 4 is 48.0 Å². The number of hydrogen-bond donors (Lipinski definition) is 9. The van der Waals surface area contributed by atoms with E-state index in [0.717, 1.165) is 70.0 Å². The maximum absolute atomic E-state index is 13.0. The minimum Gasteiger partial charge on any atom is -0.462 e. The molecule has 0 amide bonds. The molecule has 0 aromatic carbocycles. The van der Waals surface area contributed by atoms with Gasteiger partial charge in [-0.25, -0.2) is 13.7 Å². The van der Waals surface area contributed by atoms with Crippen molar-refractivity contribution in [2.45, 2.75) is 184 Å². The molecule has 0 aromatic rings. The third-order valence-electron chi connectivity index (χ3n) is 9.22. The second-order valence-electron chi connectivity index (χ2n) is 14.3. The van der Waals surface area contributed by atoms with Crippen LogP contribution in [0.15, 0.2) is 0 Å². The fourth-order valence-corrected chi connectivity index (χ4v) is 8.53. The molecule has 0 saturated heterocycles. The smallest absolute Gasteiger partial charge is 0.462 e. The summed E-state index contributed by atoms with van der Waals surface area (Å²) in [6.45, 7) is 0.714. The summed E-state index contributed by atoms with van der Waals surface area (Å²) in [6, 6.07) is 0. The molecule has 0 heterocycles. The number of esters is 2. The van der Waals surface area contributed by atoms with Crippen molar-refractivity contribution in [2.75, 3.05) is 19.0 Å². The first-order valence-corrected chi connectivity index (χ1v) is 25.1. The molecule has 1 aliphatic rings. The first kappa shape index (κ1) is 54.5. The molecular weight excluding hydrogens is 837 g/mol. The fraction of sp³-hybridized carbons (Fsp3) is 0.941. The van der Waals surface area contributed by atoms with Crippen LogP contribution in [-0.2, 0) is 50.9 Å². The Morgan fingerprint density at radius 3 is 1.40 bits per heavy atom. The molecule has 0 aromatic heterocycles. The van der Waals surface area contributed by atoms with Gasteiger partial charge in [0.15, 0.2) is 6.10 Å². The van der Waals surface area contributed by atoms with Crippen molar-refractivity contribution in [3.63, 3.8) is 0 Å². The predicted molar refractivity (Wildman–Crippen MR) is 210 cm³/mol. The number of phosphoric ester groups is 3. The number of phosphoric acid groups is 3. The summed E-state index contributed by atoms with van der Waals surface area (Å²) in [7, 11) is -16.6. The Hall–Kier alpha value is -0.500. The number of carbonyl (C=O) groups is 2. The van der Waals surface area contributed by atoms with Gasteiger partial charge in [0.05, 0.1) is 6.61 Å². The van der Waals surface area contributed by atoms with Gasteiger partial charge in [0.25, 0.3) is 0 Å². The summed E-state index contributed by atoms with van der Waals surface area (Å²) < 4.78 is 65.0. The van der Waals surface area contributed by atoms with Gasteiger partial charge in [0.2, 0.25) is 0 Å². The SMILES string of the molecule is CCCCCCCCCCCCCCCC(=O)O[C@H](COC(=O)CCCCCCCCS)COP(=O)(O)OC1C(O)[C@H](OP(=O)(O)O)C(OP(=O)(O)O)[C@H](O)[C@@H]1O. The predicted octanol–water partition coefficient (Wildman–Crippen LogP) is 5.14. The molecule has 0 spiro atoms. The lowest BCUT2D eigenvalue weighted by Crippen LogP contribution is -2.65. The van der Waals surface area contributed by atoms with Crippen LogP contribution in [0, 0.1) is 0 Å². The molecule has 8 N–H and O–H groups in total. The van der Waals surface area contributed by atoms with E-state index in [1.54, 1.807) is 0 Å². The van der Waals surface area contributed by atoms with Crippen LogP contribution in [0.4, 0.5) is 0 Å². The lowest BCUT2D eigenvalue weighted by Gasteiger charge is -2.44. The van der Waals surface area contributed by atoms with Gasteiger partial charge in [0, 0.05) is 12.8 Å². The van der Waals surface area contributed by atoms with Gasteiger partial charge < -0.3 is 49.3 Å². The van der Waals surface area contributed by atoms with Gasteiger partial charge in [-0.3, -0.25) is 27.7 Å². The summed E-state index contributed by atoms with van der Waals surface area (Å²) >= 11 is 4.18. The van der Waals surface area contributed by atoms with Crippen LogP contribution < -0.4 is 0 Å². The summed E-state index contributed by atoms with van der Waals surface area (Å²) in [6.07, 6.45) is 3.30. The number of ether oxygens (including phenoxy) is 2. The maximum Gasteiger partial charge on any atom is 0.472 e.